The second kappa shape index (κ2) is 5.31. The van der Waals surface area contributed by atoms with Crippen LogP contribution in [0.3, 0.4) is 0 Å². The van der Waals surface area contributed by atoms with E-state index in [1.807, 2.05) is 0 Å². The molecular formula is C14H17F3O. The van der Waals surface area contributed by atoms with Crippen LogP contribution in [0.4, 0.5) is 13.2 Å². The van der Waals surface area contributed by atoms with E-state index >= 15 is 0 Å². The number of hydrogen-bond acceptors (Lipinski definition) is 1. The van der Waals surface area contributed by atoms with Crippen molar-refractivity contribution in [3.8, 4) is 0 Å². The molecule has 18 heavy (non-hydrogen) atoms. The molecule has 4 heteroatoms. The highest BCUT2D eigenvalue weighted by Gasteiger charge is 2.45. The Morgan fingerprint density at radius 1 is 1.22 bits per heavy atom. The average molecular weight is 258 g/mol. The SMILES string of the molecule is CCCCC1OCC(C(F)(F)F)c2ccccc21. The molecule has 0 aromatic heterocycles. The lowest BCUT2D eigenvalue weighted by Gasteiger charge is -2.33. The van der Waals surface area contributed by atoms with Crippen molar-refractivity contribution in [2.24, 2.45) is 0 Å². The molecule has 1 aromatic carbocycles. The van der Waals surface area contributed by atoms with Crippen molar-refractivity contribution in [3.63, 3.8) is 0 Å². The van der Waals surface area contributed by atoms with Crippen LogP contribution in [-0.2, 0) is 4.74 Å². The molecule has 100 valence electrons. The zero-order valence-corrected chi connectivity index (χ0v) is 10.3. The van der Waals surface area contributed by atoms with Crippen LogP contribution in [-0.4, -0.2) is 12.8 Å². The lowest BCUT2D eigenvalue weighted by Crippen LogP contribution is -2.31. The van der Waals surface area contributed by atoms with Crippen molar-refractivity contribution in [2.45, 2.75) is 44.4 Å². The monoisotopic (exact) mass is 258 g/mol. The first kappa shape index (κ1) is 13.4. The van der Waals surface area contributed by atoms with Gasteiger partial charge in [-0.3, -0.25) is 0 Å². The fourth-order valence-electron chi connectivity index (χ4n) is 2.41. The number of unbranched alkanes of at least 4 members (excludes halogenated alkanes) is 1. The average Bonchev–Trinajstić information content (AvgIpc) is 2.34. The first-order valence-electron chi connectivity index (χ1n) is 6.31. The number of hydrogen-bond donors (Lipinski definition) is 0. The van der Waals surface area contributed by atoms with Crippen molar-refractivity contribution in [1.82, 2.24) is 0 Å². The molecule has 1 aliphatic rings. The minimum Gasteiger partial charge on any atom is -0.373 e. The van der Waals surface area contributed by atoms with Crippen molar-refractivity contribution in [3.05, 3.63) is 35.4 Å². The first-order valence-corrected chi connectivity index (χ1v) is 6.31. The van der Waals surface area contributed by atoms with Gasteiger partial charge in [-0.1, -0.05) is 44.0 Å². The molecule has 0 fully saturated rings. The van der Waals surface area contributed by atoms with Gasteiger partial charge in [0.1, 0.15) is 5.92 Å². The van der Waals surface area contributed by atoms with Gasteiger partial charge in [0, 0.05) is 0 Å². The quantitative estimate of drug-likeness (QED) is 0.770. The standard InChI is InChI=1S/C14H17F3O/c1-2-3-8-13-11-7-5-4-6-10(11)12(9-18-13)14(15,16)17/h4-7,12-13H,2-3,8-9H2,1H3. The number of fused-ring (bicyclic) bond motifs is 1. The van der Waals surface area contributed by atoms with Gasteiger partial charge in [-0.15, -0.1) is 0 Å². The van der Waals surface area contributed by atoms with Gasteiger partial charge >= 0.3 is 6.18 Å². The maximum absolute atomic E-state index is 12.9. The molecule has 0 spiro atoms. The van der Waals surface area contributed by atoms with Gasteiger partial charge in [-0.25, -0.2) is 0 Å². The molecule has 1 heterocycles. The van der Waals surface area contributed by atoms with Crippen LogP contribution in [0.5, 0.6) is 0 Å². The summed E-state index contributed by atoms with van der Waals surface area (Å²) in [6, 6.07) is 6.78. The number of alkyl halides is 3. The molecule has 1 nitrogen and oxygen atoms in total. The van der Waals surface area contributed by atoms with Gasteiger partial charge in [0.15, 0.2) is 0 Å². The second-order valence-electron chi connectivity index (χ2n) is 4.69. The Balaban J connectivity index is 2.29. The summed E-state index contributed by atoms with van der Waals surface area (Å²) >= 11 is 0. The summed E-state index contributed by atoms with van der Waals surface area (Å²) in [6.07, 6.45) is -1.63. The van der Waals surface area contributed by atoms with E-state index in [0.29, 0.717) is 11.1 Å². The van der Waals surface area contributed by atoms with Crippen LogP contribution < -0.4 is 0 Å². The van der Waals surface area contributed by atoms with Crippen molar-refractivity contribution >= 4 is 0 Å². The Bertz CT molecular complexity index is 400. The fraction of sp³-hybridized carbons (Fsp3) is 0.571. The van der Waals surface area contributed by atoms with E-state index in [2.05, 4.69) is 6.92 Å². The van der Waals surface area contributed by atoms with Gasteiger partial charge in [-0.05, 0) is 17.5 Å². The molecule has 1 aromatic rings. The summed E-state index contributed by atoms with van der Waals surface area (Å²) in [6.45, 7) is 1.81. The van der Waals surface area contributed by atoms with Crippen LogP contribution in [0.15, 0.2) is 24.3 Å². The lowest BCUT2D eigenvalue weighted by molar-refractivity contribution is -0.172. The molecule has 0 N–H and O–H groups in total. The molecule has 1 aliphatic heterocycles. The predicted molar refractivity (Wildman–Crippen MR) is 63.5 cm³/mol. The Labute approximate surface area is 105 Å². The summed E-state index contributed by atoms with van der Waals surface area (Å²) in [5.41, 5.74) is 1.09. The molecule has 0 saturated carbocycles. The largest absolute Gasteiger partial charge is 0.397 e. The van der Waals surface area contributed by atoms with Gasteiger partial charge < -0.3 is 4.74 Å². The molecule has 0 bridgehead atoms. The van der Waals surface area contributed by atoms with Gasteiger partial charge in [0.25, 0.3) is 0 Å². The fourth-order valence-corrected chi connectivity index (χ4v) is 2.41. The molecule has 2 atom stereocenters. The number of benzene rings is 1. The minimum atomic E-state index is -4.23. The maximum atomic E-state index is 12.9. The van der Waals surface area contributed by atoms with E-state index < -0.39 is 12.1 Å². The molecule has 0 saturated heterocycles. The predicted octanol–water partition coefficient (Wildman–Crippen LogP) is 4.59. The third-order valence-electron chi connectivity index (χ3n) is 3.40. The molecule has 0 amide bonds. The zero-order chi connectivity index (χ0) is 13.2. The van der Waals surface area contributed by atoms with Crippen LogP contribution in [0.1, 0.15) is 49.3 Å². The summed E-state index contributed by atoms with van der Waals surface area (Å²) < 4.78 is 44.2. The third-order valence-corrected chi connectivity index (χ3v) is 3.40. The van der Waals surface area contributed by atoms with E-state index in [0.717, 1.165) is 19.3 Å². The second-order valence-corrected chi connectivity index (χ2v) is 4.69. The Kier molecular flexibility index (Phi) is 3.95. The van der Waals surface area contributed by atoms with Gasteiger partial charge in [0.05, 0.1) is 12.7 Å². The van der Waals surface area contributed by atoms with Gasteiger partial charge in [-0.2, -0.15) is 13.2 Å². The molecule has 0 aliphatic carbocycles. The van der Waals surface area contributed by atoms with Crippen LogP contribution in [0, 0.1) is 0 Å². The number of ether oxygens (including phenoxy) is 1. The zero-order valence-electron chi connectivity index (χ0n) is 10.3. The van der Waals surface area contributed by atoms with E-state index in [1.165, 1.54) is 0 Å². The highest BCUT2D eigenvalue weighted by molar-refractivity contribution is 5.35. The lowest BCUT2D eigenvalue weighted by atomic mass is 9.87. The number of halogens is 3. The highest BCUT2D eigenvalue weighted by Crippen LogP contribution is 2.43. The molecule has 2 unspecified atom stereocenters. The Morgan fingerprint density at radius 3 is 2.50 bits per heavy atom. The topological polar surface area (TPSA) is 9.23 Å². The Hall–Kier alpha value is -1.03. The smallest absolute Gasteiger partial charge is 0.373 e. The van der Waals surface area contributed by atoms with Crippen molar-refractivity contribution < 1.29 is 17.9 Å². The van der Waals surface area contributed by atoms with Crippen molar-refractivity contribution in [2.75, 3.05) is 6.61 Å². The Morgan fingerprint density at radius 2 is 1.89 bits per heavy atom. The van der Waals surface area contributed by atoms with Crippen LogP contribution >= 0.6 is 0 Å². The summed E-state index contributed by atoms with van der Waals surface area (Å²) in [7, 11) is 0. The summed E-state index contributed by atoms with van der Waals surface area (Å²) in [5, 5.41) is 0. The van der Waals surface area contributed by atoms with Crippen LogP contribution in [0.25, 0.3) is 0 Å². The van der Waals surface area contributed by atoms with Crippen LogP contribution in [0.2, 0.25) is 0 Å². The van der Waals surface area contributed by atoms with E-state index in [4.69, 9.17) is 4.74 Å². The third kappa shape index (κ3) is 2.69. The van der Waals surface area contributed by atoms with Gasteiger partial charge in [0.2, 0.25) is 0 Å². The molecule has 2 rings (SSSR count). The van der Waals surface area contributed by atoms with E-state index in [-0.39, 0.29) is 12.7 Å². The van der Waals surface area contributed by atoms with E-state index in [9.17, 15) is 13.2 Å². The number of rotatable bonds is 3. The summed E-state index contributed by atoms with van der Waals surface area (Å²) in [4.78, 5) is 0. The van der Waals surface area contributed by atoms with Crippen molar-refractivity contribution in [1.29, 1.82) is 0 Å². The normalized spacial score (nSPS) is 23.8. The minimum absolute atomic E-state index is 0.181. The maximum Gasteiger partial charge on any atom is 0.397 e. The molecular weight excluding hydrogens is 241 g/mol. The molecule has 0 radical (unpaired) electrons. The highest BCUT2D eigenvalue weighted by atomic mass is 19.4. The van der Waals surface area contributed by atoms with E-state index in [1.54, 1.807) is 24.3 Å². The first-order chi connectivity index (χ1) is 8.54. The summed E-state index contributed by atoms with van der Waals surface area (Å²) in [5.74, 6) is -1.48.